The summed E-state index contributed by atoms with van der Waals surface area (Å²) >= 11 is 0. The summed E-state index contributed by atoms with van der Waals surface area (Å²) in [6, 6.07) is 6.27. The molecule has 0 aliphatic heterocycles. The average molecular weight is 330 g/mol. The molecule has 2 rings (SSSR count). The van der Waals surface area contributed by atoms with Gasteiger partial charge < -0.3 is 19.8 Å². The van der Waals surface area contributed by atoms with Crippen molar-refractivity contribution in [2.24, 2.45) is 4.99 Å². The Morgan fingerprint density at radius 3 is 2.67 bits per heavy atom. The van der Waals surface area contributed by atoms with Gasteiger partial charge >= 0.3 is 0 Å². The molecule has 1 aromatic carbocycles. The lowest BCUT2D eigenvalue weighted by Crippen LogP contribution is -2.37. The number of nitrogens with zero attached hydrogens (tertiary/aromatic N) is 2. The van der Waals surface area contributed by atoms with E-state index in [9.17, 15) is 0 Å². The largest absolute Gasteiger partial charge is 0.496 e. The lowest BCUT2D eigenvalue weighted by Gasteiger charge is -2.11. The Bertz CT molecular complexity index is 688. The highest BCUT2D eigenvalue weighted by Gasteiger charge is 2.06. The van der Waals surface area contributed by atoms with Crippen molar-refractivity contribution in [1.82, 2.24) is 15.6 Å². The summed E-state index contributed by atoms with van der Waals surface area (Å²) in [6.07, 6.45) is 0.883. The number of aryl methyl sites for hydroxylation is 3. The van der Waals surface area contributed by atoms with E-state index in [1.807, 2.05) is 20.8 Å². The van der Waals surface area contributed by atoms with E-state index in [2.05, 4.69) is 38.8 Å². The van der Waals surface area contributed by atoms with Gasteiger partial charge in [0.25, 0.3) is 0 Å². The van der Waals surface area contributed by atoms with Crippen LogP contribution >= 0.6 is 0 Å². The second-order valence-corrected chi connectivity index (χ2v) is 5.66. The quantitative estimate of drug-likeness (QED) is 0.629. The minimum absolute atomic E-state index is 0.507. The van der Waals surface area contributed by atoms with Gasteiger partial charge in [-0.05, 0) is 44.4 Å². The lowest BCUT2D eigenvalue weighted by molar-refractivity contribution is 0.411. The lowest BCUT2D eigenvalue weighted by atomic mass is 10.1. The van der Waals surface area contributed by atoms with Crippen molar-refractivity contribution in [3.05, 3.63) is 46.7 Å². The number of ether oxygens (including phenoxy) is 1. The Balaban J connectivity index is 1.81. The predicted octanol–water partition coefficient (Wildman–Crippen LogP) is 2.52. The number of hydrogen-bond acceptors (Lipinski definition) is 4. The summed E-state index contributed by atoms with van der Waals surface area (Å²) < 4.78 is 10.9. The van der Waals surface area contributed by atoms with E-state index < -0.39 is 0 Å². The van der Waals surface area contributed by atoms with Crippen LogP contribution in [0.3, 0.4) is 0 Å². The fraction of sp³-hybridized carbons (Fsp3) is 0.444. The SMILES string of the molecule is CN=C(NCCc1ccc(C)c(OC)c1)NCc1nc(C)c(C)o1. The highest BCUT2D eigenvalue weighted by Crippen LogP contribution is 2.18. The molecule has 6 nitrogen and oxygen atoms in total. The molecule has 0 aliphatic carbocycles. The van der Waals surface area contributed by atoms with E-state index in [0.29, 0.717) is 12.4 Å². The number of benzene rings is 1. The van der Waals surface area contributed by atoms with Gasteiger partial charge in [0.05, 0.1) is 19.3 Å². The van der Waals surface area contributed by atoms with Crippen LogP contribution < -0.4 is 15.4 Å². The monoisotopic (exact) mass is 330 g/mol. The molecular weight excluding hydrogens is 304 g/mol. The maximum Gasteiger partial charge on any atom is 0.214 e. The van der Waals surface area contributed by atoms with E-state index in [1.165, 1.54) is 5.56 Å². The smallest absolute Gasteiger partial charge is 0.214 e. The molecule has 0 atom stereocenters. The minimum Gasteiger partial charge on any atom is -0.496 e. The molecule has 0 radical (unpaired) electrons. The zero-order chi connectivity index (χ0) is 17.5. The Labute approximate surface area is 143 Å². The normalized spacial score (nSPS) is 11.5. The first-order valence-electron chi connectivity index (χ1n) is 8.04. The number of nitrogens with one attached hydrogen (secondary N) is 2. The fourth-order valence-electron chi connectivity index (χ4n) is 2.34. The molecule has 130 valence electrons. The van der Waals surface area contributed by atoms with Crippen molar-refractivity contribution in [3.8, 4) is 5.75 Å². The summed E-state index contributed by atoms with van der Waals surface area (Å²) in [5.41, 5.74) is 3.28. The van der Waals surface area contributed by atoms with Gasteiger partial charge in [0.1, 0.15) is 11.5 Å². The van der Waals surface area contributed by atoms with Crippen LogP contribution in [-0.2, 0) is 13.0 Å². The van der Waals surface area contributed by atoms with Gasteiger partial charge in [-0.25, -0.2) is 4.98 Å². The van der Waals surface area contributed by atoms with Gasteiger partial charge in [0.15, 0.2) is 5.96 Å². The molecule has 1 aromatic heterocycles. The van der Waals surface area contributed by atoms with E-state index in [-0.39, 0.29) is 0 Å². The maximum atomic E-state index is 5.55. The molecule has 2 N–H and O–H groups in total. The summed E-state index contributed by atoms with van der Waals surface area (Å²) in [4.78, 5) is 8.56. The van der Waals surface area contributed by atoms with Crippen molar-refractivity contribution in [1.29, 1.82) is 0 Å². The molecule has 6 heteroatoms. The van der Waals surface area contributed by atoms with Crippen molar-refractivity contribution in [2.45, 2.75) is 33.7 Å². The maximum absolute atomic E-state index is 5.55. The number of methoxy groups -OCH3 is 1. The summed E-state index contributed by atoms with van der Waals surface area (Å²) in [5.74, 6) is 3.16. The van der Waals surface area contributed by atoms with E-state index in [0.717, 1.165) is 41.7 Å². The Morgan fingerprint density at radius 1 is 1.25 bits per heavy atom. The van der Waals surface area contributed by atoms with E-state index in [4.69, 9.17) is 9.15 Å². The first-order chi connectivity index (χ1) is 11.5. The molecular formula is C18H26N4O2. The Kier molecular flexibility index (Phi) is 6.23. The molecule has 0 bridgehead atoms. The molecule has 0 saturated carbocycles. The zero-order valence-corrected chi connectivity index (χ0v) is 15.1. The number of oxazole rings is 1. The molecule has 0 aliphatic rings. The molecule has 0 saturated heterocycles. The minimum atomic E-state index is 0.507. The second-order valence-electron chi connectivity index (χ2n) is 5.66. The van der Waals surface area contributed by atoms with Crippen molar-refractivity contribution in [3.63, 3.8) is 0 Å². The van der Waals surface area contributed by atoms with Crippen LogP contribution in [0.5, 0.6) is 5.75 Å². The number of guanidine groups is 1. The number of aromatic nitrogens is 1. The molecule has 0 fully saturated rings. The van der Waals surface area contributed by atoms with Crippen molar-refractivity contribution >= 4 is 5.96 Å². The summed E-state index contributed by atoms with van der Waals surface area (Å²) in [6.45, 7) is 7.17. The molecule has 2 aromatic rings. The third-order valence-corrected chi connectivity index (χ3v) is 3.88. The molecule has 0 amide bonds. The number of rotatable bonds is 6. The van der Waals surface area contributed by atoms with Crippen molar-refractivity contribution in [2.75, 3.05) is 20.7 Å². The molecule has 1 heterocycles. The van der Waals surface area contributed by atoms with Gasteiger partial charge in [-0.1, -0.05) is 12.1 Å². The summed E-state index contributed by atoms with van der Waals surface area (Å²) in [5, 5.41) is 6.49. The highest BCUT2D eigenvalue weighted by molar-refractivity contribution is 5.79. The topological polar surface area (TPSA) is 71.7 Å². The van der Waals surface area contributed by atoms with Crippen molar-refractivity contribution < 1.29 is 9.15 Å². The van der Waals surface area contributed by atoms with Gasteiger partial charge in [-0.2, -0.15) is 0 Å². The highest BCUT2D eigenvalue weighted by atomic mass is 16.5. The zero-order valence-electron chi connectivity index (χ0n) is 15.1. The van der Waals surface area contributed by atoms with Crippen LogP contribution in [0.25, 0.3) is 0 Å². The molecule has 0 spiro atoms. The third-order valence-electron chi connectivity index (χ3n) is 3.88. The van der Waals surface area contributed by atoms with Crippen LogP contribution in [0.15, 0.2) is 27.6 Å². The summed E-state index contributed by atoms with van der Waals surface area (Å²) in [7, 11) is 3.44. The second kappa shape index (κ2) is 8.38. The Hall–Kier alpha value is -2.50. The fourth-order valence-corrected chi connectivity index (χ4v) is 2.34. The van der Waals surface area contributed by atoms with Gasteiger partial charge in [-0.3, -0.25) is 4.99 Å². The van der Waals surface area contributed by atoms with E-state index in [1.54, 1.807) is 14.2 Å². The standard InChI is InChI=1S/C18H26N4O2/c1-12-6-7-15(10-16(12)23-5)8-9-20-18(19-4)21-11-17-22-13(2)14(3)24-17/h6-7,10H,8-9,11H2,1-5H3,(H2,19,20,21). The van der Waals surface area contributed by atoms with Gasteiger partial charge in [0, 0.05) is 13.6 Å². The van der Waals surface area contributed by atoms with Crippen LogP contribution in [-0.4, -0.2) is 31.6 Å². The first kappa shape index (κ1) is 17.8. The van der Waals surface area contributed by atoms with Crippen LogP contribution in [0.2, 0.25) is 0 Å². The Morgan fingerprint density at radius 2 is 2.04 bits per heavy atom. The van der Waals surface area contributed by atoms with Gasteiger partial charge in [-0.15, -0.1) is 0 Å². The van der Waals surface area contributed by atoms with Crippen LogP contribution in [0.1, 0.15) is 28.5 Å². The number of aliphatic imine (C=N–C) groups is 1. The average Bonchev–Trinajstić information content (AvgIpc) is 2.90. The predicted molar refractivity (Wildman–Crippen MR) is 95.6 cm³/mol. The van der Waals surface area contributed by atoms with Gasteiger partial charge in [0.2, 0.25) is 5.89 Å². The van der Waals surface area contributed by atoms with Crippen LogP contribution in [0.4, 0.5) is 0 Å². The number of hydrogen-bond donors (Lipinski definition) is 2. The van der Waals surface area contributed by atoms with Crippen LogP contribution in [0, 0.1) is 20.8 Å². The molecule has 0 unspecified atom stereocenters. The van der Waals surface area contributed by atoms with E-state index >= 15 is 0 Å². The third kappa shape index (κ3) is 4.75. The molecule has 24 heavy (non-hydrogen) atoms. The first-order valence-corrected chi connectivity index (χ1v) is 8.04.